The molecule has 1 amide bonds. The SMILES string of the molecule is COC(=O)[C@@H](C)NC(=O)[C@H](Cl)c1ccc([N+](=O)[O-])cc1. The zero-order chi connectivity index (χ0) is 15.3. The highest BCUT2D eigenvalue weighted by Gasteiger charge is 2.23. The highest BCUT2D eigenvalue weighted by atomic mass is 35.5. The number of nitro groups is 1. The largest absolute Gasteiger partial charge is 0.467 e. The van der Waals surface area contributed by atoms with Gasteiger partial charge in [0.15, 0.2) is 0 Å². The summed E-state index contributed by atoms with van der Waals surface area (Å²) in [6.07, 6.45) is 0. The molecule has 1 aromatic rings. The molecule has 0 saturated heterocycles. The number of non-ortho nitro benzene ring substituents is 1. The number of amides is 1. The molecule has 0 aliphatic carbocycles. The number of nitrogens with one attached hydrogen (secondary N) is 1. The molecule has 1 aromatic carbocycles. The number of nitrogens with zero attached hydrogens (tertiary/aromatic N) is 1. The highest BCUT2D eigenvalue weighted by Crippen LogP contribution is 2.23. The number of hydrogen-bond donors (Lipinski definition) is 1. The van der Waals surface area contributed by atoms with Crippen LogP contribution in [0, 0.1) is 10.1 Å². The number of halogens is 1. The molecule has 0 radical (unpaired) electrons. The van der Waals surface area contributed by atoms with Crippen molar-refractivity contribution in [1.29, 1.82) is 0 Å². The zero-order valence-corrected chi connectivity index (χ0v) is 11.6. The molecule has 0 spiro atoms. The molecule has 1 rings (SSSR count). The van der Waals surface area contributed by atoms with Gasteiger partial charge in [-0.2, -0.15) is 0 Å². The Hall–Kier alpha value is -2.15. The van der Waals surface area contributed by atoms with E-state index in [0.29, 0.717) is 5.56 Å². The summed E-state index contributed by atoms with van der Waals surface area (Å²) >= 11 is 5.95. The normalized spacial score (nSPS) is 13.2. The average molecular weight is 301 g/mol. The minimum Gasteiger partial charge on any atom is -0.467 e. The minimum absolute atomic E-state index is 0.0963. The summed E-state index contributed by atoms with van der Waals surface area (Å²) in [5, 5.41) is 11.8. The third-order valence-corrected chi connectivity index (χ3v) is 2.99. The predicted molar refractivity (Wildman–Crippen MR) is 71.3 cm³/mol. The molecule has 8 heteroatoms. The fourth-order valence-electron chi connectivity index (χ4n) is 1.44. The van der Waals surface area contributed by atoms with Crippen molar-refractivity contribution in [3.05, 3.63) is 39.9 Å². The molecule has 20 heavy (non-hydrogen) atoms. The maximum atomic E-state index is 11.8. The quantitative estimate of drug-likeness (QED) is 0.385. The van der Waals surface area contributed by atoms with E-state index in [0.717, 1.165) is 0 Å². The summed E-state index contributed by atoms with van der Waals surface area (Å²) in [5.41, 5.74) is 0.299. The molecule has 0 aliphatic heterocycles. The summed E-state index contributed by atoms with van der Waals surface area (Å²) in [5.74, 6) is -1.18. The lowest BCUT2D eigenvalue weighted by molar-refractivity contribution is -0.384. The molecule has 0 aromatic heterocycles. The van der Waals surface area contributed by atoms with Crippen molar-refractivity contribution in [2.75, 3.05) is 7.11 Å². The Morgan fingerprint density at radius 3 is 2.35 bits per heavy atom. The van der Waals surface area contributed by atoms with Crippen LogP contribution in [0.15, 0.2) is 24.3 Å². The second-order valence-electron chi connectivity index (χ2n) is 3.96. The lowest BCUT2D eigenvalue weighted by atomic mass is 10.1. The van der Waals surface area contributed by atoms with E-state index in [1.54, 1.807) is 0 Å². The van der Waals surface area contributed by atoms with Crippen molar-refractivity contribution in [3.63, 3.8) is 0 Å². The molecule has 0 fully saturated rings. The van der Waals surface area contributed by atoms with Gasteiger partial charge >= 0.3 is 5.97 Å². The number of carbonyl (C=O) groups excluding carboxylic acids is 2. The second-order valence-corrected chi connectivity index (χ2v) is 4.40. The van der Waals surface area contributed by atoms with Gasteiger partial charge in [-0.3, -0.25) is 14.9 Å². The van der Waals surface area contributed by atoms with Gasteiger partial charge < -0.3 is 10.1 Å². The molecule has 0 aliphatic rings. The van der Waals surface area contributed by atoms with Gasteiger partial charge in [0.1, 0.15) is 11.4 Å². The van der Waals surface area contributed by atoms with E-state index in [4.69, 9.17) is 11.6 Å². The Morgan fingerprint density at radius 1 is 1.35 bits per heavy atom. The van der Waals surface area contributed by atoms with Crippen molar-refractivity contribution in [3.8, 4) is 0 Å². The molecule has 0 unspecified atom stereocenters. The highest BCUT2D eigenvalue weighted by molar-refractivity contribution is 6.30. The summed E-state index contributed by atoms with van der Waals surface area (Å²) in [4.78, 5) is 32.9. The summed E-state index contributed by atoms with van der Waals surface area (Å²) in [6.45, 7) is 1.46. The number of nitro benzene ring substituents is 1. The number of esters is 1. The van der Waals surface area contributed by atoms with E-state index in [2.05, 4.69) is 10.1 Å². The van der Waals surface area contributed by atoms with Gasteiger partial charge in [0.05, 0.1) is 12.0 Å². The van der Waals surface area contributed by atoms with E-state index < -0.39 is 28.2 Å². The van der Waals surface area contributed by atoms with Crippen LogP contribution >= 0.6 is 11.6 Å². The fraction of sp³-hybridized carbons (Fsp3) is 0.333. The maximum absolute atomic E-state index is 11.8. The monoisotopic (exact) mass is 300 g/mol. The first-order valence-electron chi connectivity index (χ1n) is 5.63. The van der Waals surface area contributed by atoms with Gasteiger partial charge in [0.2, 0.25) is 5.91 Å². The first-order chi connectivity index (χ1) is 9.36. The van der Waals surface area contributed by atoms with Crippen molar-refractivity contribution < 1.29 is 19.2 Å². The lowest BCUT2D eigenvalue weighted by Crippen LogP contribution is -2.40. The Morgan fingerprint density at radius 2 is 1.90 bits per heavy atom. The van der Waals surface area contributed by atoms with Crippen LogP contribution in [0.1, 0.15) is 17.9 Å². The van der Waals surface area contributed by atoms with Crippen LogP contribution in [0.5, 0.6) is 0 Å². The Kier molecular flexibility index (Phi) is 5.45. The van der Waals surface area contributed by atoms with Crippen LogP contribution < -0.4 is 5.32 Å². The minimum atomic E-state index is -1.05. The second kappa shape index (κ2) is 6.85. The van der Waals surface area contributed by atoms with Crippen molar-refractivity contribution in [1.82, 2.24) is 5.32 Å². The smallest absolute Gasteiger partial charge is 0.328 e. The van der Waals surface area contributed by atoms with Gasteiger partial charge in [-0.1, -0.05) is 12.1 Å². The first kappa shape index (κ1) is 15.9. The van der Waals surface area contributed by atoms with Gasteiger partial charge in [-0.05, 0) is 12.5 Å². The van der Waals surface area contributed by atoms with E-state index in [-0.39, 0.29) is 5.69 Å². The maximum Gasteiger partial charge on any atom is 0.328 e. The van der Waals surface area contributed by atoms with E-state index in [1.165, 1.54) is 38.3 Å². The zero-order valence-electron chi connectivity index (χ0n) is 10.8. The topological polar surface area (TPSA) is 98.5 Å². The summed E-state index contributed by atoms with van der Waals surface area (Å²) in [6, 6.07) is 4.45. The molecular weight excluding hydrogens is 288 g/mol. The van der Waals surface area contributed by atoms with E-state index in [1.807, 2.05) is 0 Å². The molecule has 2 atom stereocenters. The number of carbonyl (C=O) groups is 2. The molecule has 108 valence electrons. The molecule has 0 saturated carbocycles. The number of methoxy groups -OCH3 is 1. The van der Waals surface area contributed by atoms with Crippen LogP contribution in [0.3, 0.4) is 0 Å². The first-order valence-corrected chi connectivity index (χ1v) is 6.07. The number of hydrogen-bond acceptors (Lipinski definition) is 5. The lowest BCUT2D eigenvalue weighted by Gasteiger charge is -2.14. The summed E-state index contributed by atoms with van der Waals surface area (Å²) < 4.78 is 4.47. The summed E-state index contributed by atoms with van der Waals surface area (Å²) in [7, 11) is 1.21. The van der Waals surface area contributed by atoms with Crippen molar-refractivity contribution >= 4 is 29.2 Å². The Bertz CT molecular complexity index is 517. The number of benzene rings is 1. The van der Waals surface area contributed by atoms with Gasteiger partial charge in [-0.15, -0.1) is 11.6 Å². The van der Waals surface area contributed by atoms with E-state index >= 15 is 0 Å². The number of alkyl halides is 1. The Labute approximate surface area is 120 Å². The number of ether oxygens (including phenoxy) is 1. The van der Waals surface area contributed by atoms with Crippen LogP contribution in [-0.2, 0) is 14.3 Å². The number of rotatable bonds is 5. The third-order valence-electron chi connectivity index (χ3n) is 2.54. The van der Waals surface area contributed by atoms with Gasteiger partial charge in [0, 0.05) is 12.1 Å². The standard InChI is InChI=1S/C12H13ClN2O5/c1-7(12(17)20-2)14-11(16)10(13)8-3-5-9(6-4-8)15(18)19/h3-7,10H,1-2H3,(H,14,16)/t7-,10-/m1/s1. The molecule has 0 heterocycles. The molecule has 7 nitrogen and oxygen atoms in total. The van der Waals surface area contributed by atoms with Crippen LogP contribution in [0.2, 0.25) is 0 Å². The molecule has 0 bridgehead atoms. The average Bonchev–Trinajstić information content (AvgIpc) is 2.45. The van der Waals surface area contributed by atoms with Crippen molar-refractivity contribution in [2.45, 2.75) is 18.3 Å². The van der Waals surface area contributed by atoms with Crippen LogP contribution in [0.25, 0.3) is 0 Å². The van der Waals surface area contributed by atoms with Gasteiger partial charge in [0.25, 0.3) is 5.69 Å². The molecular formula is C12H13ClN2O5. The van der Waals surface area contributed by atoms with Crippen molar-refractivity contribution in [2.24, 2.45) is 0 Å². The molecule has 1 N–H and O–H groups in total. The van der Waals surface area contributed by atoms with E-state index in [9.17, 15) is 19.7 Å². The van der Waals surface area contributed by atoms with Gasteiger partial charge in [-0.25, -0.2) is 4.79 Å². The Balaban J connectivity index is 2.74. The van der Waals surface area contributed by atoms with Crippen LogP contribution in [-0.4, -0.2) is 30.0 Å². The third kappa shape index (κ3) is 3.92. The predicted octanol–water partition coefficient (Wildman–Crippen LogP) is 1.55. The fourth-order valence-corrected chi connectivity index (χ4v) is 1.65. The van der Waals surface area contributed by atoms with Crippen LogP contribution in [0.4, 0.5) is 5.69 Å².